The molecule has 3 rings (SSSR count). The third kappa shape index (κ3) is 4.68. The lowest BCUT2D eigenvalue weighted by Crippen LogP contribution is -2.60. The Morgan fingerprint density at radius 1 is 1.15 bits per heavy atom. The van der Waals surface area contributed by atoms with Crippen molar-refractivity contribution in [1.82, 2.24) is 25.1 Å². The fourth-order valence-electron chi connectivity index (χ4n) is 3.29. The van der Waals surface area contributed by atoms with Crippen molar-refractivity contribution < 1.29 is 9.59 Å². The van der Waals surface area contributed by atoms with Gasteiger partial charge in [-0.25, -0.2) is 9.97 Å². The Labute approximate surface area is 159 Å². The van der Waals surface area contributed by atoms with Crippen molar-refractivity contribution in [2.45, 2.75) is 19.4 Å². The Morgan fingerprint density at radius 2 is 1.85 bits per heavy atom. The topological polar surface area (TPSA) is 78.4 Å². The highest BCUT2D eigenvalue weighted by Gasteiger charge is 2.34. The van der Waals surface area contributed by atoms with Crippen molar-refractivity contribution in [3.63, 3.8) is 0 Å². The van der Waals surface area contributed by atoms with Crippen LogP contribution in [0, 0.1) is 6.92 Å². The second-order valence-corrected chi connectivity index (χ2v) is 6.67. The van der Waals surface area contributed by atoms with Crippen LogP contribution in [-0.2, 0) is 11.2 Å². The van der Waals surface area contributed by atoms with E-state index in [1.165, 1.54) is 5.56 Å². The van der Waals surface area contributed by atoms with Crippen molar-refractivity contribution >= 4 is 11.8 Å². The molecule has 0 bridgehead atoms. The highest BCUT2D eigenvalue weighted by molar-refractivity contribution is 5.94. The van der Waals surface area contributed by atoms with Gasteiger partial charge in [-0.3, -0.25) is 14.5 Å². The van der Waals surface area contributed by atoms with E-state index in [9.17, 15) is 9.59 Å². The van der Waals surface area contributed by atoms with Crippen LogP contribution in [0.4, 0.5) is 0 Å². The van der Waals surface area contributed by atoms with E-state index >= 15 is 0 Å². The summed E-state index contributed by atoms with van der Waals surface area (Å²) in [5, 5.41) is 2.73. The van der Waals surface area contributed by atoms with Gasteiger partial charge in [-0.15, -0.1) is 0 Å². The predicted molar refractivity (Wildman–Crippen MR) is 102 cm³/mol. The monoisotopic (exact) mass is 367 g/mol. The molecule has 1 aromatic carbocycles. The fourth-order valence-corrected chi connectivity index (χ4v) is 3.29. The summed E-state index contributed by atoms with van der Waals surface area (Å²) >= 11 is 0. The van der Waals surface area contributed by atoms with Gasteiger partial charge in [0.05, 0.1) is 5.56 Å². The molecule has 1 saturated heterocycles. The molecule has 1 fully saturated rings. The number of amides is 2. The lowest BCUT2D eigenvalue weighted by Gasteiger charge is -2.40. The maximum atomic E-state index is 12.7. The summed E-state index contributed by atoms with van der Waals surface area (Å²) in [6.45, 7) is 4.15. The SMILES string of the molecule is CNC(=O)[C@@H]1CN(C(=O)c2cnc(C)nc2)CCN1CCc1ccccc1. The molecule has 0 spiro atoms. The van der Waals surface area contributed by atoms with Crippen molar-refractivity contribution in [2.75, 3.05) is 33.2 Å². The lowest BCUT2D eigenvalue weighted by atomic mass is 10.1. The van der Waals surface area contributed by atoms with Crippen LogP contribution in [0.15, 0.2) is 42.7 Å². The standard InChI is InChI=1S/C20H25N5O2/c1-15-22-12-17(13-23-15)20(27)25-11-10-24(18(14-25)19(26)21-2)9-8-16-6-4-3-5-7-16/h3-7,12-13,18H,8-11,14H2,1-2H3,(H,21,26)/t18-/m0/s1. The summed E-state index contributed by atoms with van der Waals surface area (Å²) in [6.07, 6.45) is 3.96. The highest BCUT2D eigenvalue weighted by atomic mass is 16.2. The number of hydrogen-bond acceptors (Lipinski definition) is 5. The van der Waals surface area contributed by atoms with E-state index in [-0.39, 0.29) is 17.9 Å². The van der Waals surface area contributed by atoms with Gasteiger partial charge in [0.1, 0.15) is 11.9 Å². The van der Waals surface area contributed by atoms with Crippen molar-refractivity contribution in [3.8, 4) is 0 Å². The zero-order valence-electron chi connectivity index (χ0n) is 15.8. The fraction of sp³-hybridized carbons (Fsp3) is 0.400. The van der Waals surface area contributed by atoms with Gasteiger partial charge in [0.25, 0.3) is 5.91 Å². The Bertz CT molecular complexity index is 779. The van der Waals surface area contributed by atoms with Gasteiger partial charge in [-0.2, -0.15) is 0 Å². The molecule has 142 valence electrons. The first kappa shape index (κ1) is 19.0. The molecule has 7 nitrogen and oxygen atoms in total. The quantitative estimate of drug-likeness (QED) is 0.850. The number of rotatable bonds is 5. The molecule has 1 atom stereocenters. The summed E-state index contributed by atoms with van der Waals surface area (Å²) in [7, 11) is 1.63. The number of hydrogen-bond donors (Lipinski definition) is 1. The maximum Gasteiger partial charge on any atom is 0.257 e. The third-order valence-corrected chi connectivity index (χ3v) is 4.89. The molecule has 2 aromatic rings. The molecule has 0 aliphatic carbocycles. The van der Waals surface area contributed by atoms with Gasteiger partial charge < -0.3 is 10.2 Å². The number of aryl methyl sites for hydroxylation is 1. The summed E-state index contributed by atoms with van der Waals surface area (Å²) in [5.74, 6) is 0.424. The van der Waals surface area contributed by atoms with Crippen LogP contribution in [0.3, 0.4) is 0 Å². The minimum Gasteiger partial charge on any atom is -0.358 e. The Balaban J connectivity index is 1.67. The van der Waals surface area contributed by atoms with Crippen LogP contribution < -0.4 is 5.32 Å². The van der Waals surface area contributed by atoms with Crippen LogP contribution in [0.5, 0.6) is 0 Å². The number of benzene rings is 1. The van der Waals surface area contributed by atoms with E-state index in [1.54, 1.807) is 31.3 Å². The Kier molecular flexibility index (Phi) is 6.13. The van der Waals surface area contributed by atoms with Crippen LogP contribution in [0.25, 0.3) is 0 Å². The van der Waals surface area contributed by atoms with E-state index in [0.29, 0.717) is 31.0 Å². The highest BCUT2D eigenvalue weighted by Crippen LogP contribution is 2.14. The van der Waals surface area contributed by atoms with E-state index < -0.39 is 0 Å². The molecule has 1 aromatic heterocycles. The van der Waals surface area contributed by atoms with Gasteiger partial charge in [0.15, 0.2) is 0 Å². The normalized spacial score (nSPS) is 17.6. The van der Waals surface area contributed by atoms with E-state index in [4.69, 9.17) is 0 Å². The van der Waals surface area contributed by atoms with E-state index in [1.807, 2.05) is 18.2 Å². The summed E-state index contributed by atoms with van der Waals surface area (Å²) in [6, 6.07) is 9.86. The average Bonchev–Trinajstić information content (AvgIpc) is 2.72. The molecular formula is C20H25N5O2. The minimum absolute atomic E-state index is 0.0688. The largest absolute Gasteiger partial charge is 0.358 e. The number of nitrogens with zero attached hydrogens (tertiary/aromatic N) is 4. The summed E-state index contributed by atoms with van der Waals surface area (Å²) in [4.78, 5) is 37.2. The third-order valence-electron chi connectivity index (χ3n) is 4.89. The van der Waals surface area contributed by atoms with Crippen LogP contribution >= 0.6 is 0 Å². The first-order chi connectivity index (χ1) is 13.1. The van der Waals surface area contributed by atoms with Gasteiger partial charge in [-0.1, -0.05) is 30.3 Å². The van der Waals surface area contributed by atoms with Gasteiger partial charge in [0.2, 0.25) is 5.91 Å². The van der Waals surface area contributed by atoms with Crippen molar-refractivity contribution in [1.29, 1.82) is 0 Å². The molecule has 1 N–H and O–H groups in total. The first-order valence-corrected chi connectivity index (χ1v) is 9.16. The van der Waals surface area contributed by atoms with Gasteiger partial charge >= 0.3 is 0 Å². The summed E-state index contributed by atoms with van der Waals surface area (Å²) in [5.41, 5.74) is 1.69. The number of carbonyl (C=O) groups excluding carboxylic acids is 2. The summed E-state index contributed by atoms with van der Waals surface area (Å²) < 4.78 is 0. The maximum absolute atomic E-state index is 12.7. The van der Waals surface area contributed by atoms with E-state index in [0.717, 1.165) is 13.0 Å². The molecule has 0 saturated carbocycles. The number of aromatic nitrogens is 2. The molecule has 2 amide bonds. The zero-order chi connectivity index (χ0) is 19.2. The first-order valence-electron chi connectivity index (χ1n) is 9.16. The predicted octanol–water partition coefficient (Wildman–Crippen LogP) is 0.900. The molecule has 0 unspecified atom stereocenters. The number of piperazine rings is 1. The zero-order valence-corrected chi connectivity index (χ0v) is 15.8. The number of nitrogens with one attached hydrogen (secondary N) is 1. The van der Waals surface area contributed by atoms with Crippen molar-refractivity contribution in [2.24, 2.45) is 0 Å². The van der Waals surface area contributed by atoms with Crippen LogP contribution in [0.1, 0.15) is 21.7 Å². The molecule has 27 heavy (non-hydrogen) atoms. The lowest BCUT2D eigenvalue weighted by molar-refractivity contribution is -0.127. The Hall–Kier alpha value is -2.80. The number of carbonyl (C=O) groups is 2. The second-order valence-electron chi connectivity index (χ2n) is 6.67. The molecule has 1 aliphatic heterocycles. The molecule has 7 heteroatoms. The molecular weight excluding hydrogens is 342 g/mol. The molecule has 1 aliphatic rings. The second kappa shape index (κ2) is 8.73. The van der Waals surface area contributed by atoms with Crippen LogP contribution in [0.2, 0.25) is 0 Å². The van der Waals surface area contributed by atoms with Crippen LogP contribution in [-0.4, -0.2) is 70.9 Å². The van der Waals surface area contributed by atoms with Gasteiger partial charge in [0, 0.05) is 45.6 Å². The molecule has 2 heterocycles. The van der Waals surface area contributed by atoms with Crippen molar-refractivity contribution in [3.05, 3.63) is 59.7 Å². The minimum atomic E-state index is -0.359. The smallest absolute Gasteiger partial charge is 0.257 e. The average molecular weight is 367 g/mol. The Morgan fingerprint density at radius 3 is 2.52 bits per heavy atom. The van der Waals surface area contributed by atoms with Gasteiger partial charge in [-0.05, 0) is 18.9 Å². The molecule has 0 radical (unpaired) electrons. The van der Waals surface area contributed by atoms with E-state index in [2.05, 4.69) is 32.3 Å². The number of likely N-dealkylation sites (N-methyl/N-ethyl adjacent to an activating group) is 1.